The van der Waals surface area contributed by atoms with Gasteiger partial charge >= 0.3 is 0 Å². The molecule has 0 radical (unpaired) electrons. The average Bonchev–Trinajstić information content (AvgIpc) is 2.63. The highest BCUT2D eigenvalue weighted by Crippen LogP contribution is 2.19. The molecular weight excluding hydrogens is 240 g/mol. The van der Waals surface area contributed by atoms with E-state index in [4.69, 9.17) is 17.3 Å². The molecule has 0 bridgehead atoms. The van der Waals surface area contributed by atoms with E-state index in [1.54, 1.807) is 42.3 Å². The molecule has 1 aromatic carbocycles. The molecule has 0 aliphatic heterocycles. The maximum absolute atomic E-state index is 11.9. The van der Waals surface area contributed by atoms with Crippen molar-refractivity contribution >= 4 is 28.9 Å². The van der Waals surface area contributed by atoms with Gasteiger partial charge in [0.05, 0.1) is 17.4 Å². The van der Waals surface area contributed by atoms with Crippen LogP contribution in [0.15, 0.2) is 30.6 Å². The number of rotatable bonds is 2. The Kier molecular flexibility index (Phi) is 3.01. The number of nitrogens with one attached hydrogen (secondary N) is 1. The van der Waals surface area contributed by atoms with E-state index in [0.29, 0.717) is 22.0 Å². The van der Waals surface area contributed by atoms with Crippen LogP contribution in [-0.2, 0) is 7.05 Å². The highest BCUT2D eigenvalue weighted by molar-refractivity contribution is 6.31. The predicted octanol–water partition coefficient (Wildman–Crippen LogP) is 1.91. The van der Waals surface area contributed by atoms with E-state index < -0.39 is 0 Å². The standard InChI is InChI=1S/C11H11ClN4O/c1-16-6-8(5-14-16)15-11(17)9-3-2-7(12)4-10(9)13/h2-6H,13H2,1H3,(H,15,17). The lowest BCUT2D eigenvalue weighted by atomic mass is 10.1. The Morgan fingerprint density at radius 1 is 1.53 bits per heavy atom. The zero-order valence-corrected chi connectivity index (χ0v) is 9.90. The Morgan fingerprint density at radius 3 is 2.88 bits per heavy atom. The van der Waals surface area contributed by atoms with Crippen molar-refractivity contribution in [1.29, 1.82) is 0 Å². The van der Waals surface area contributed by atoms with Crippen LogP contribution in [0.4, 0.5) is 11.4 Å². The van der Waals surface area contributed by atoms with Gasteiger partial charge in [0.1, 0.15) is 0 Å². The van der Waals surface area contributed by atoms with Gasteiger partial charge in [0, 0.05) is 24.0 Å². The number of aromatic nitrogens is 2. The van der Waals surface area contributed by atoms with E-state index in [9.17, 15) is 4.79 Å². The molecule has 2 aromatic rings. The van der Waals surface area contributed by atoms with E-state index >= 15 is 0 Å². The molecule has 17 heavy (non-hydrogen) atoms. The summed E-state index contributed by atoms with van der Waals surface area (Å²) in [6.07, 6.45) is 3.26. The molecule has 2 rings (SSSR count). The number of hydrogen-bond donors (Lipinski definition) is 2. The van der Waals surface area contributed by atoms with Crippen molar-refractivity contribution < 1.29 is 4.79 Å². The average molecular weight is 251 g/mol. The Morgan fingerprint density at radius 2 is 2.29 bits per heavy atom. The smallest absolute Gasteiger partial charge is 0.257 e. The van der Waals surface area contributed by atoms with Gasteiger partial charge in [-0.1, -0.05) is 11.6 Å². The first-order chi connectivity index (χ1) is 8.06. The number of aryl methyl sites for hydroxylation is 1. The van der Waals surface area contributed by atoms with Crippen LogP contribution in [0, 0.1) is 0 Å². The largest absolute Gasteiger partial charge is 0.398 e. The highest BCUT2D eigenvalue weighted by Gasteiger charge is 2.10. The molecule has 0 unspecified atom stereocenters. The molecular formula is C11H11ClN4O. The molecule has 1 amide bonds. The first kappa shape index (κ1) is 11.5. The molecule has 1 heterocycles. The molecule has 3 N–H and O–H groups in total. The Bertz CT molecular complexity index is 564. The van der Waals surface area contributed by atoms with Crippen LogP contribution in [0.2, 0.25) is 5.02 Å². The summed E-state index contributed by atoms with van der Waals surface area (Å²) in [7, 11) is 1.77. The highest BCUT2D eigenvalue weighted by atomic mass is 35.5. The first-order valence-electron chi connectivity index (χ1n) is 4.91. The van der Waals surface area contributed by atoms with Crippen molar-refractivity contribution in [2.45, 2.75) is 0 Å². The molecule has 88 valence electrons. The summed E-state index contributed by atoms with van der Waals surface area (Å²) in [5.41, 5.74) is 7.07. The third-order valence-electron chi connectivity index (χ3n) is 2.22. The van der Waals surface area contributed by atoms with Crippen LogP contribution < -0.4 is 11.1 Å². The lowest BCUT2D eigenvalue weighted by molar-refractivity contribution is 0.102. The van der Waals surface area contributed by atoms with Crippen molar-refractivity contribution in [2.75, 3.05) is 11.1 Å². The number of benzene rings is 1. The van der Waals surface area contributed by atoms with Crippen molar-refractivity contribution in [3.8, 4) is 0 Å². The predicted molar refractivity (Wildman–Crippen MR) is 67.0 cm³/mol. The minimum atomic E-state index is -0.285. The zero-order valence-electron chi connectivity index (χ0n) is 9.14. The molecule has 5 nitrogen and oxygen atoms in total. The summed E-state index contributed by atoms with van der Waals surface area (Å²) in [4.78, 5) is 11.9. The minimum Gasteiger partial charge on any atom is -0.398 e. The summed E-state index contributed by atoms with van der Waals surface area (Å²) in [5, 5.41) is 7.14. The monoisotopic (exact) mass is 250 g/mol. The molecule has 0 aliphatic carbocycles. The quantitative estimate of drug-likeness (QED) is 0.800. The lowest BCUT2D eigenvalue weighted by Gasteiger charge is -2.05. The van der Waals surface area contributed by atoms with Gasteiger partial charge in [-0.2, -0.15) is 5.10 Å². The van der Waals surface area contributed by atoms with Crippen LogP contribution in [0.3, 0.4) is 0 Å². The van der Waals surface area contributed by atoms with E-state index in [1.165, 1.54) is 0 Å². The molecule has 0 fully saturated rings. The minimum absolute atomic E-state index is 0.285. The number of carbonyl (C=O) groups is 1. The topological polar surface area (TPSA) is 72.9 Å². The van der Waals surface area contributed by atoms with Crippen molar-refractivity contribution in [2.24, 2.45) is 7.05 Å². The fraction of sp³-hybridized carbons (Fsp3) is 0.0909. The van der Waals surface area contributed by atoms with Gasteiger partial charge in [0.15, 0.2) is 0 Å². The summed E-state index contributed by atoms with van der Waals surface area (Å²) in [5.74, 6) is -0.285. The SMILES string of the molecule is Cn1cc(NC(=O)c2ccc(Cl)cc2N)cn1. The maximum Gasteiger partial charge on any atom is 0.257 e. The fourth-order valence-corrected chi connectivity index (χ4v) is 1.61. The fourth-order valence-electron chi connectivity index (χ4n) is 1.42. The number of anilines is 2. The normalized spacial score (nSPS) is 10.2. The Labute approximate surface area is 103 Å². The summed E-state index contributed by atoms with van der Waals surface area (Å²) in [6, 6.07) is 4.75. The van der Waals surface area contributed by atoms with E-state index in [-0.39, 0.29) is 5.91 Å². The first-order valence-corrected chi connectivity index (χ1v) is 5.29. The number of nitrogens with zero attached hydrogens (tertiary/aromatic N) is 2. The van der Waals surface area contributed by atoms with Crippen molar-refractivity contribution in [1.82, 2.24) is 9.78 Å². The van der Waals surface area contributed by atoms with Crippen molar-refractivity contribution in [3.63, 3.8) is 0 Å². The number of hydrogen-bond acceptors (Lipinski definition) is 3. The summed E-state index contributed by atoms with van der Waals surface area (Å²) < 4.78 is 1.60. The van der Waals surface area contributed by atoms with E-state index in [1.807, 2.05) is 0 Å². The van der Waals surface area contributed by atoms with Crippen LogP contribution in [0.5, 0.6) is 0 Å². The summed E-state index contributed by atoms with van der Waals surface area (Å²) in [6.45, 7) is 0. The van der Waals surface area contributed by atoms with Crippen LogP contribution in [0.1, 0.15) is 10.4 Å². The number of amides is 1. The van der Waals surface area contributed by atoms with Gasteiger partial charge in [-0.25, -0.2) is 0 Å². The van der Waals surface area contributed by atoms with Gasteiger partial charge in [0.2, 0.25) is 0 Å². The number of halogens is 1. The molecule has 0 aliphatic rings. The molecule has 0 atom stereocenters. The molecule has 0 saturated heterocycles. The van der Waals surface area contributed by atoms with Crippen LogP contribution in [-0.4, -0.2) is 15.7 Å². The number of nitrogen functional groups attached to an aromatic ring is 1. The molecule has 0 saturated carbocycles. The Hall–Kier alpha value is -2.01. The second kappa shape index (κ2) is 4.47. The molecule has 0 spiro atoms. The zero-order chi connectivity index (χ0) is 12.4. The van der Waals surface area contributed by atoms with Crippen molar-refractivity contribution in [3.05, 3.63) is 41.2 Å². The third kappa shape index (κ3) is 2.57. The van der Waals surface area contributed by atoms with Gasteiger partial charge in [-0.3, -0.25) is 9.48 Å². The lowest BCUT2D eigenvalue weighted by Crippen LogP contribution is -2.13. The van der Waals surface area contributed by atoms with Crippen LogP contribution >= 0.6 is 11.6 Å². The number of nitrogens with two attached hydrogens (primary N) is 1. The third-order valence-corrected chi connectivity index (χ3v) is 2.46. The van der Waals surface area contributed by atoms with Gasteiger partial charge in [0.25, 0.3) is 5.91 Å². The second-order valence-corrected chi connectivity index (χ2v) is 4.02. The number of carbonyl (C=O) groups excluding carboxylic acids is 1. The van der Waals surface area contributed by atoms with E-state index in [0.717, 1.165) is 0 Å². The molecule has 6 heteroatoms. The van der Waals surface area contributed by atoms with Crippen LogP contribution in [0.25, 0.3) is 0 Å². The molecule has 1 aromatic heterocycles. The second-order valence-electron chi connectivity index (χ2n) is 3.59. The Balaban J connectivity index is 2.20. The van der Waals surface area contributed by atoms with Gasteiger partial charge in [-0.05, 0) is 18.2 Å². The maximum atomic E-state index is 11.9. The van der Waals surface area contributed by atoms with E-state index in [2.05, 4.69) is 10.4 Å². The van der Waals surface area contributed by atoms with Gasteiger partial charge in [-0.15, -0.1) is 0 Å². The van der Waals surface area contributed by atoms with Gasteiger partial charge < -0.3 is 11.1 Å². The summed E-state index contributed by atoms with van der Waals surface area (Å²) >= 11 is 5.76.